The summed E-state index contributed by atoms with van der Waals surface area (Å²) in [5, 5.41) is 5.41. The summed E-state index contributed by atoms with van der Waals surface area (Å²) < 4.78 is 34.1. The van der Waals surface area contributed by atoms with Crippen molar-refractivity contribution < 1.29 is 18.0 Å². The molecule has 2 aromatic heterocycles. The maximum Gasteiger partial charge on any atom is 0.226 e. The molecule has 0 atom stereocenters. The Bertz CT molecular complexity index is 942. The van der Waals surface area contributed by atoms with E-state index in [4.69, 9.17) is 4.42 Å². The van der Waals surface area contributed by atoms with E-state index in [0.717, 1.165) is 12.8 Å². The van der Waals surface area contributed by atoms with Gasteiger partial charge in [-0.1, -0.05) is 18.9 Å². The number of thiazole rings is 1. The quantitative estimate of drug-likeness (QED) is 0.641. The SMILES string of the molecule is O=C(Cc1csc(-c2ccco2)n1)NCC1(c2c(F)cccc2F)CCCC1. The fraction of sp³-hybridized carbons (Fsp3) is 0.333. The molecule has 1 aromatic carbocycles. The predicted octanol–water partition coefficient (Wildman–Crippen LogP) is 4.85. The van der Waals surface area contributed by atoms with E-state index in [1.54, 1.807) is 12.3 Å². The van der Waals surface area contributed by atoms with Gasteiger partial charge < -0.3 is 9.73 Å². The lowest BCUT2D eigenvalue weighted by atomic mass is 9.78. The van der Waals surface area contributed by atoms with Gasteiger partial charge in [0.1, 0.15) is 11.6 Å². The Labute approximate surface area is 165 Å². The van der Waals surface area contributed by atoms with Crippen molar-refractivity contribution in [2.45, 2.75) is 37.5 Å². The number of carbonyl (C=O) groups is 1. The van der Waals surface area contributed by atoms with Crippen molar-refractivity contribution >= 4 is 17.2 Å². The van der Waals surface area contributed by atoms with Crippen LogP contribution in [-0.4, -0.2) is 17.4 Å². The van der Waals surface area contributed by atoms with E-state index < -0.39 is 17.0 Å². The molecule has 1 aliphatic rings. The Balaban J connectivity index is 1.44. The Kier molecular flexibility index (Phi) is 5.26. The summed E-state index contributed by atoms with van der Waals surface area (Å²) in [7, 11) is 0. The molecule has 7 heteroatoms. The van der Waals surface area contributed by atoms with E-state index in [1.807, 2.05) is 11.4 Å². The van der Waals surface area contributed by atoms with Crippen molar-refractivity contribution in [3.63, 3.8) is 0 Å². The third-order valence-electron chi connectivity index (χ3n) is 5.30. The van der Waals surface area contributed by atoms with Crippen LogP contribution in [0.25, 0.3) is 10.8 Å². The Morgan fingerprint density at radius 3 is 2.61 bits per heavy atom. The lowest BCUT2D eigenvalue weighted by Gasteiger charge is -2.30. The van der Waals surface area contributed by atoms with Crippen molar-refractivity contribution in [2.24, 2.45) is 0 Å². The van der Waals surface area contributed by atoms with Gasteiger partial charge in [-0.15, -0.1) is 11.3 Å². The van der Waals surface area contributed by atoms with Gasteiger partial charge in [-0.05, 0) is 37.1 Å². The Hall–Kier alpha value is -2.54. The second-order valence-electron chi connectivity index (χ2n) is 7.16. The van der Waals surface area contributed by atoms with Crippen molar-refractivity contribution in [3.8, 4) is 10.8 Å². The van der Waals surface area contributed by atoms with Crippen LogP contribution in [0.1, 0.15) is 36.9 Å². The highest BCUT2D eigenvalue weighted by Crippen LogP contribution is 2.42. The normalized spacial score (nSPS) is 15.6. The lowest BCUT2D eigenvalue weighted by Crippen LogP contribution is -2.40. The molecule has 1 aliphatic carbocycles. The molecule has 0 bridgehead atoms. The number of aromatic nitrogens is 1. The van der Waals surface area contributed by atoms with Crippen molar-refractivity contribution in [1.29, 1.82) is 0 Å². The number of nitrogens with one attached hydrogen (secondary N) is 1. The molecule has 3 aromatic rings. The largest absolute Gasteiger partial charge is 0.462 e. The van der Waals surface area contributed by atoms with Crippen LogP contribution in [-0.2, 0) is 16.6 Å². The van der Waals surface area contributed by atoms with Crippen molar-refractivity contribution in [3.05, 3.63) is 64.9 Å². The van der Waals surface area contributed by atoms with E-state index in [-0.39, 0.29) is 24.4 Å². The molecule has 0 radical (unpaired) electrons. The van der Waals surface area contributed by atoms with Crippen LogP contribution in [0.4, 0.5) is 8.78 Å². The number of hydrogen-bond donors (Lipinski definition) is 1. The van der Waals surface area contributed by atoms with Gasteiger partial charge in [-0.3, -0.25) is 4.79 Å². The van der Waals surface area contributed by atoms with Gasteiger partial charge in [-0.2, -0.15) is 0 Å². The molecule has 1 N–H and O–H groups in total. The molecular formula is C21H20F2N2O2S. The number of hydrogen-bond acceptors (Lipinski definition) is 4. The highest BCUT2D eigenvalue weighted by molar-refractivity contribution is 7.13. The number of furan rings is 1. The minimum Gasteiger partial charge on any atom is -0.462 e. The van der Waals surface area contributed by atoms with Crippen LogP contribution in [0.15, 0.2) is 46.4 Å². The first-order chi connectivity index (χ1) is 13.6. The van der Waals surface area contributed by atoms with Crippen LogP contribution in [0.2, 0.25) is 0 Å². The summed E-state index contributed by atoms with van der Waals surface area (Å²) in [4.78, 5) is 16.9. The zero-order valence-corrected chi connectivity index (χ0v) is 16.0. The first-order valence-corrected chi connectivity index (χ1v) is 10.1. The van der Waals surface area contributed by atoms with Crippen LogP contribution in [0, 0.1) is 11.6 Å². The highest BCUT2D eigenvalue weighted by Gasteiger charge is 2.40. The smallest absolute Gasteiger partial charge is 0.226 e. The number of halogens is 2. The van der Waals surface area contributed by atoms with Gasteiger partial charge in [0.25, 0.3) is 0 Å². The summed E-state index contributed by atoms with van der Waals surface area (Å²) in [5.74, 6) is -0.631. The van der Waals surface area contributed by atoms with E-state index in [9.17, 15) is 13.6 Å². The molecule has 4 nitrogen and oxygen atoms in total. The van der Waals surface area contributed by atoms with Gasteiger partial charge >= 0.3 is 0 Å². The summed E-state index contributed by atoms with van der Waals surface area (Å²) in [6.45, 7) is 0.221. The first-order valence-electron chi connectivity index (χ1n) is 9.27. The van der Waals surface area contributed by atoms with Gasteiger partial charge in [0.2, 0.25) is 5.91 Å². The number of amides is 1. The third-order valence-corrected chi connectivity index (χ3v) is 6.21. The highest BCUT2D eigenvalue weighted by atomic mass is 32.1. The zero-order valence-electron chi connectivity index (χ0n) is 15.2. The monoisotopic (exact) mass is 402 g/mol. The summed E-state index contributed by atoms with van der Waals surface area (Å²) in [6.07, 6.45) is 4.79. The van der Waals surface area contributed by atoms with E-state index >= 15 is 0 Å². The second kappa shape index (κ2) is 7.83. The van der Waals surface area contributed by atoms with Crippen LogP contribution in [0.3, 0.4) is 0 Å². The fourth-order valence-corrected chi connectivity index (χ4v) is 4.75. The number of carbonyl (C=O) groups excluding carboxylic acids is 1. The third kappa shape index (κ3) is 3.71. The number of rotatable bonds is 6. The minimum atomic E-state index is -0.688. The minimum absolute atomic E-state index is 0.0987. The summed E-state index contributed by atoms with van der Waals surface area (Å²) in [6, 6.07) is 7.53. The number of nitrogens with zero attached hydrogens (tertiary/aromatic N) is 1. The van der Waals surface area contributed by atoms with Crippen molar-refractivity contribution in [2.75, 3.05) is 6.54 Å². The van der Waals surface area contributed by atoms with Crippen LogP contribution >= 0.6 is 11.3 Å². The molecule has 28 heavy (non-hydrogen) atoms. The average molecular weight is 402 g/mol. The molecule has 0 unspecified atom stereocenters. The number of benzene rings is 1. The summed E-state index contributed by atoms with van der Waals surface area (Å²) in [5.41, 5.74) is 0.0555. The molecule has 4 rings (SSSR count). The lowest BCUT2D eigenvalue weighted by molar-refractivity contribution is -0.120. The summed E-state index contributed by atoms with van der Waals surface area (Å²) >= 11 is 1.41. The maximum absolute atomic E-state index is 14.4. The van der Waals surface area contributed by atoms with E-state index in [1.165, 1.54) is 29.5 Å². The van der Waals surface area contributed by atoms with Crippen molar-refractivity contribution in [1.82, 2.24) is 10.3 Å². The molecule has 1 amide bonds. The molecule has 146 valence electrons. The van der Waals surface area contributed by atoms with Crippen LogP contribution < -0.4 is 5.32 Å². The molecule has 2 heterocycles. The van der Waals surface area contributed by atoms with Gasteiger partial charge in [-0.25, -0.2) is 13.8 Å². The van der Waals surface area contributed by atoms with Gasteiger partial charge in [0, 0.05) is 22.9 Å². The predicted molar refractivity (Wildman–Crippen MR) is 103 cm³/mol. The molecule has 0 aliphatic heterocycles. The van der Waals surface area contributed by atoms with E-state index in [2.05, 4.69) is 10.3 Å². The average Bonchev–Trinajstić information content (AvgIpc) is 3.42. The fourth-order valence-electron chi connectivity index (χ4n) is 3.97. The van der Waals surface area contributed by atoms with E-state index in [0.29, 0.717) is 29.3 Å². The standard InChI is InChI=1S/C21H20F2N2O2S/c22-15-5-3-6-16(23)19(15)21(8-1-2-9-21)13-24-18(26)11-14-12-28-20(25-14)17-7-4-10-27-17/h3-7,10,12H,1-2,8-9,11,13H2,(H,24,26). The topological polar surface area (TPSA) is 55.1 Å². The Morgan fingerprint density at radius 2 is 1.93 bits per heavy atom. The molecule has 1 fully saturated rings. The molecular weight excluding hydrogens is 382 g/mol. The molecule has 0 saturated heterocycles. The van der Waals surface area contributed by atoms with Gasteiger partial charge in [0.15, 0.2) is 10.8 Å². The molecule has 0 spiro atoms. The Morgan fingerprint density at radius 1 is 1.18 bits per heavy atom. The zero-order chi connectivity index (χ0) is 19.6. The van der Waals surface area contributed by atoms with Gasteiger partial charge in [0.05, 0.1) is 18.4 Å². The molecule has 1 saturated carbocycles. The maximum atomic E-state index is 14.4. The first kappa shape index (κ1) is 18.8. The second-order valence-corrected chi connectivity index (χ2v) is 8.02. The van der Waals surface area contributed by atoms with Crippen LogP contribution in [0.5, 0.6) is 0 Å².